The zero-order valence-corrected chi connectivity index (χ0v) is 15.7. The third kappa shape index (κ3) is 5.41. The van der Waals surface area contributed by atoms with E-state index in [2.05, 4.69) is 48.6 Å². The summed E-state index contributed by atoms with van der Waals surface area (Å²) < 4.78 is 0. The first kappa shape index (κ1) is 19.1. The van der Waals surface area contributed by atoms with Gasteiger partial charge in [-0.1, -0.05) is 29.8 Å². The van der Waals surface area contributed by atoms with Gasteiger partial charge in [-0.2, -0.15) is 0 Å². The first-order chi connectivity index (χ1) is 11.9. The number of aryl methyl sites for hydroxylation is 1. The molecular formula is C19H25N3O2S. The van der Waals surface area contributed by atoms with Crippen LogP contribution >= 0.6 is 11.3 Å². The number of nitrogens with two attached hydrogens (primary N) is 1. The van der Waals surface area contributed by atoms with Gasteiger partial charge in [-0.25, -0.2) is 0 Å². The number of nitrogens with one attached hydrogen (secondary N) is 1. The fraction of sp³-hybridized carbons (Fsp3) is 0.368. The predicted molar refractivity (Wildman–Crippen MR) is 102 cm³/mol. The molecule has 6 heteroatoms. The maximum atomic E-state index is 12.4. The molecular weight excluding hydrogens is 334 g/mol. The average Bonchev–Trinajstić information content (AvgIpc) is 3.06. The van der Waals surface area contributed by atoms with Crippen LogP contribution in [-0.2, 0) is 16.1 Å². The number of amides is 2. The molecule has 25 heavy (non-hydrogen) atoms. The fourth-order valence-corrected chi connectivity index (χ4v) is 3.42. The maximum absolute atomic E-state index is 12.4. The first-order valence-electron chi connectivity index (χ1n) is 8.32. The van der Waals surface area contributed by atoms with E-state index in [1.807, 2.05) is 13.8 Å². The summed E-state index contributed by atoms with van der Waals surface area (Å²) in [5, 5.41) is 2.54. The molecule has 2 aromatic rings. The van der Waals surface area contributed by atoms with E-state index < -0.39 is 0 Å². The molecule has 0 fully saturated rings. The topological polar surface area (TPSA) is 75.4 Å². The molecule has 0 aliphatic carbocycles. The van der Waals surface area contributed by atoms with Crippen molar-refractivity contribution in [3.8, 4) is 10.4 Å². The summed E-state index contributed by atoms with van der Waals surface area (Å²) in [5.41, 5.74) is 7.66. The van der Waals surface area contributed by atoms with Crippen molar-refractivity contribution in [2.45, 2.75) is 33.4 Å². The van der Waals surface area contributed by atoms with Crippen LogP contribution in [0.1, 0.15) is 24.3 Å². The molecule has 1 aromatic heterocycles. The Bertz CT molecular complexity index is 723. The number of rotatable bonds is 7. The van der Waals surface area contributed by atoms with Crippen LogP contribution in [0.4, 0.5) is 0 Å². The molecule has 0 unspecified atom stereocenters. The van der Waals surface area contributed by atoms with Crippen LogP contribution in [0.5, 0.6) is 0 Å². The minimum Gasteiger partial charge on any atom is -0.346 e. The third-order valence-electron chi connectivity index (χ3n) is 3.89. The van der Waals surface area contributed by atoms with E-state index in [1.165, 1.54) is 16.0 Å². The second kappa shape index (κ2) is 8.78. The van der Waals surface area contributed by atoms with Crippen LogP contribution in [0.25, 0.3) is 10.4 Å². The number of nitrogens with zero attached hydrogens (tertiary/aromatic N) is 1. The highest BCUT2D eigenvalue weighted by atomic mass is 32.1. The summed E-state index contributed by atoms with van der Waals surface area (Å²) in [5.74, 6) is -0.433. The van der Waals surface area contributed by atoms with Gasteiger partial charge in [0.25, 0.3) is 0 Å². The van der Waals surface area contributed by atoms with E-state index >= 15 is 0 Å². The lowest BCUT2D eigenvalue weighted by Gasteiger charge is -2.26. The minimum absolute atomic E-state index is 0.0234. The summed E-state index contributed by atoms with van der Waals surface area (Å²) in [6.07, 6.45) is 0. The molecule has 0 bridgehead atoms. The van der Waals surface area contributed by atoms with Crippen molar-refractivity contribution in [2.75, 3.05) is 13.1 Å². The Kier molecular flexibility index (Phi) is 6.73. The van der Waals surface area contributed by atoms with Crippen molar-refractivity contribution >= 4 is 23.2 Å². The van der Waals surface area contributed by atoms with Crippen molar-refractivity contribution in [2.24, 2.45) is 5.73 Å². The number of thiophene rings is 1. The van der Waals surface area contributed by atoms with Gasteiger partial charge < -0.3 is 16.0 Å². The first-order valence-corrected chi connectivity index (χ1v) is 9.14. The van der Waals surface area contributed by atoms with E-state index in [0.717, 1.165) is 4.88 Å². The Morgan fingerprint density at radius 2 is 1.84 bits per heavy atom. The van der Waals surface area contributed by atoms with Gasteiger partial charge in [-0.05, 0) is 38.5 Å². The van der Waals surface area contributed by atoms with Crippen LogP contribution in [-0.4, -0.2) is 35.8 Å². The highest BCUT2D eigenvalue weighted by Crippen LogP contribution is 2.29. The van der Waals surface area contributed by atoms with E-state index in [0.29, 0.717) is 6.54 Å². The number of hydrogen-bond donors (Lipinski definition) is 2. The van der Waals surface area contributed by atoms with Crippen molar-refractivity contribution in [3.05, 3.63) is 46.8 Å². The Labute approximate surface area is 152 Å². The van der Waals surface area contributed by atoms with E-state index in [4.69, 9.17) is 5.73 Å². The molecule has 0 saturated carbocycles. The van der Waals surface area contributed by atoms with Gasteiger partial charge in [-0.15, -0.1) is 11.3 Å². The van der Waals surface area contributed by atoms with Gasteiger partial charge in [0.05, 0.1) is 19.6 Å². The largest absolute Gasteiger partial charge is 0.346 e. The van der Waals surface area contributed by atoms with Crippen LogP contribution in [0.15, 0.2) is 36.4 Å². The van der Waals surface area contributed by atoms with Crippen LogP contribution in [0, 0.1) is 6.92 Å². The molecule has 0 aliphatic heterocycles. The van der Waals surface area contributed by atoms with Crippen molar-refractivity contribution in [1.29, 1.82) is 0 Å². The Morgan fingerprint density at radius 1 is 1.16 bits per heavy atom. The summed E-state index contributed by atoms with van der Waals surface area (Å²) in [6.45, 7) is 6.41. The number of hydrogen-bond acceptors (Lipinski definition) is 4. The molecule has 0 atom stereocenters. The molecule has 1 aromatic carbocycles. The van der Waals surface area contributed by atoms with E-state index in [1.54, 1.807) is 16.2 Å². The normalized spacial score (nSPS) is 10.8. The van der Waals surface area contributed by atoms with Gasteiger partial charge in [0.15, 0.2) is 0 Å². The molecule has 0 spiro atoms. The quantitative estimate of drug-likeness (QED) is 0.798. The Hall–Kier alpha value is -2.18. The molecule has 2 rings (SSSR count). The van der Waals surface area contributed by atoms with E-state index in [9.17, 15) is 9.59 Å². The Balaban J connectivity index is 2.06. The SMILES string of the molecule is Cc1ccc(-c2ccc(CN(C(=O)CNC(=O)CN)C(C)C)s2)cc1. The van der Waals surface area contributed by atoms with Gasteiger partial charge in [0.2, 0.25) is 11.8 Å². The van der Waals surface area contributed by atoms with Gasteiger partial charge in [-0.3, -0.25) is 9.59 Å². The molecule has 0 radical (unpaired) electrons. The van der Waals surface area contributed by atoms with Crippen LogP contribution in [0.2, 0.25) is 0 Å². The second-order valence-corrected chi connectivity index (χ2v) is 7.40. The van der Waals surface area contributed by atoms with E-state index in [-0.39, 0.29) is 30.9 Å². The van der Waals surface area contributed by atoms with Crippen molar-refractivity contribution in [3.63, 3.8) is 0 Å². The second-order valence-electron chi connectivity index (χ2n) is 6.23. The third-order valence-corrected chi connectivity index (χ3v) is 5.01. The lowest BCUT2D eigenvalue weighted by molar-refractivity contribution is -0.134. The summed E-state index contributed by atoms with van der Waals surface area (Å²) in [7, 11) is 0. The monoisotopic (exact) mass is 359 g/mol. The smallest absolute Gasteiger partial charge is 0.242 e. The maximum Gasteiger partial charge on any atom is 0.242 e. The minimum atomic E-state index is -0.324. The molecule has 2 amide bonds. The number of benzene rings is 1. The lowest BCUT2D eigenvalue weighted by atomic mass is 10.1. The van der Waals surface area contributed by atoms with Gasteiger partial charge >= 0.3 is 0 Å². The molecule has 3 N–H and O–H groups in total. The number of carbonyl (C=O) groups excluding carboxylic acids is 2. The van der Waals surface area contributed by atoms with Crippen molar-refractivity contribution < 1.29 is 9.59 Å². The molecule has 5 nitrogen and oxygen atoms in total. The molecule has 134 valence electrons. The predicted octanol–water partition coefficient (Wildman–Crippen LogP) is 2.54. The molecule has 0 aliphatic rings. The number of carbonyl (C=O) groups is 2. The zero-order valence-electron chi connectivity index (χ0n) is 14.9. The highest BCUT2D eigenvalue weighted by Gasteiger charge is 2.18. The van der Waals surface area contributed by atoms with Gasteiger partial charge in [0.1, 0.15) is 0 Å². The standard InChI is InChI=1S/C19H25N3O2S/c1-13(2)22(19(24)11-21-18(23)10-20)12-16-8-9-17(25-16)15-6-4-14(3)5-7-15/h4-9,13H,10-12,20H2,1-3H3,(H,21,23). The molecule has 1 heterocycles. The average molecular weight is 359 g/mol. The highest BCUT2D eigenvalue weighted by molar-refractivity contribution is 7.15. The molecule has 0 saturated heterocycles. The Morgan fingerprint density at radius 3 is 2.44 bits per heavy atom. The van der Waals surface area contributed by atoms with Crippen LogP contribution in [0.3, 0.4) is 0 Å². The summed E-state index contributed by atoms with van der Waals surface area (Å²) in [4.78, 5) is 27.7. The summed E-state index contributed by atoms with van der Waals surface area (Å²) >= 11 is 1.68. The lowest BCUT2D eigenvalue weighted by Crippen LogP contribution is -2.44. The zero-order chi connectivity index (χ0) is 18.4. The van der Waals surface area contributed by atoms with Crippen LogP contribution < -0.4 is 11.1 Å². The summed E-state index contributed by atoms with van der Waals surface area (Å²) in [6, 6.07) is 12.6. The van der Waals surface area contributed by atoms with Crippen molar-refractivity contribution in [1.82, 2.24) is 10.2 Å². The van der Waals surface area contributed by atoms with Gasteiger partial charge in [0, 0.05) is 15.8 Å². The fourth-order valence-electron chi connectivity index (χ4n) is 2.41.